The van der Waals surface area contributed by atoms with Gasteiger partial charge in [0.05, 0.1) is 0 Å². The van der Waals surface area contributed by atoms with E-state index in [9.17, 15) is 0 Å². The lowest BCUT2D eigenvalue weighted by atomic mass is 10.2. The third-order valence-corrected chi connectivity index (χ3v) is 13.1. The van der Waals surface area contributed by atoms with Crippen LogP contribution < -0.4 is 0 Å². The Hall–Kier alpha value is -0.0962. The second kappa shape index (κ2) is 4.88. The molecule has 4 heteroatoms. The highest BCUT2D eigenvalue weighted by atomic mass is 28.4. The number of hydrogen-bond donors (Lipinski definition) is 0. The van der Waals surface area contributed by atoms with Crippen molar-refractivity contribution in [2.75, 3.05) is 0 Å². The molecule has 0 unspecified atom stereocenters. The first-order valence-corrected chi connectivity index (χ1v) is 12.3. The molecule has 2 nitrogen and oxygen atoms in total. The van der Waals surface area contributed by atoms with E-state index in [1.54, 1.807) is 6.40 Å². The fraction of sp³-hybridized carbons (Fsp3) is 0.923. The molecule has 0 fully saturated rings. The monoisotopic (exact) mass is 273 g/mol. The van der Waals surface area contributed by atoms with Crippen LogP contribution in [0.15, 0.2) is 4.66 Å². The molecule has 0 heterocycles. The number of nitrogens with zero attached hydrogens (tertiary/aromatic N) is 1. The summed E-state index contributed by atoms with van der Waals surface area (Å²) in [6.07, 6.45) is 1.76. The third-order valence-electron chi connectivity index (χ3n) is 4.36. The molecule has 17 heavy (non-hydrogen) atoms. The zero-order valence-electron chi connectivity index (χ0n) is 13.4. The molecule has 0 aliphatic rings. The van der Waals surface area contributed by atoms with Gasteiger partial charge >= 0.3 is 0 Å². The van der Waals surface area contributed by atoms with E-state index in [0.717, 1.165) is 0 Å². The van der Waals surface area contributed by atoms with Gasteiger partial charge in [-0.1, -0.05) is 41.5 Å². The van der Waals surface area contributed by atoms with Gasteiger partial charge in [-0.2, -0.15) is 0 Å². The summed E-state index contributed by atoms with van der Waals surface area (Å²) >= 11 is 0. The molecule has 0 saturated heterocycles. The van der Waals surface area contributed by atoms with Crippen molar-refractivity contribution in [3.05, 3.63) is 0 Å². The van der Waals surface area contributed by atoms with Crippen molar-refractivity contribution < 1.29 is 4.43 Å². The highest BCUT2D eigenvalue weighted by molar-refractivity contribution is 6.79. The second-order valence-electron chi connectivity index (χ2n) is 7.92. The van der Waals surface area contributed by atoms with Gasteiger partial charge < -0.3 is 4.43 Å². The molecule has 102 valence electrons. The van der Waals surface area contributed by atoms with Gasteiger partial charge in [-0.05, 0) is 36.3 Å². The Balaban J connectivity index is 4.70. The Kier molecular flexibility index (Phi) is 4.85. The average Bonchev–Trinajstić information content (AvgIpc) is 1.98. The summed E-state index contributed by atoms with van der Waals surface area (Å²) in [4.78, 5) is 0. The molecule has 0 spiro atoms. The van der Waals surface area contributed by atoms with Crippen LogP contribution in [0.2, 0.25) is 36.3 Å². The summed E-state index contributed by atoms with van der Waals surface area (Å²) < 4.78 is 10.8. The first kappa shape index (κ1) is 16.9. The van der Waals surface area contributed by atoms with E-state index >= 15 is 0 Å². The fourth-order valence-electron chi connectivity index (χ4n) is 0.660. The van der Waals surface area contributed by atoms with Gasteiger partial charge in [0, 0.05) is 0 Å². The minimum Gasteiger partial charge on any atom is -0.537 e. The van der Waals surface area contributed by atoms with Crippen LogP contribution in [0.1, 0.15) is 41.5 Å². The number of hydrogen-bond acceptors (Lipinski definition) is 2. The summed E-state index contributed by atoms with van der Waals surface area (Å²) in [5, 5.41) is 0.521. The van der Waals surface area contributed by atoms with Gasteiger partial charge in [0.15, 0.2) is 8.24 Å². The Labute approximate surface area is 110 Å². The van der Waals surface area contributed by atoms with Crippen molar-refractivity contribution in [1.82, 2.24) is 0 Å². The molecule has 0 amide bonds. The van der Waals surface area contributed by atoms with Gasteiger partial charge in [-0.25, -0.2) is 0 Å². The van der Waals surface area contributed by atoms with Crippen molar-refractivity contribution in [3.63, 3.8) is 0 Å². The Bertz CT molecular complexity index is 283. The van der Waals surface area contributed by atoms with E-state index in [1.807, 2.05) is 0 Å². The van der Waals surface area contributed by atoms with Crippen LogP contribution in [0.5, 0.6) is 0 Å². The molecule has 0 atom stereocenters. The lowest BCUT2D eigenvalue weighted by Crippen LogP contribution is -2.41. The van der Waals surface area contributed by atoms with Gasteiger partial charge in [0.2, 0.25) is 0 Å². The van der Waals surface area contributed by atoms with E-state index < -0.39 is 16.6 Å². The van der Waals surface area contributed by atoms with Crippen LogP contribution in [0, 0.1) is 0 Å². The smallest absolute Gasteiger partial charge is 0.251 e. The molecule has 0 aromatic heterocycles. The van der Waals surface area contributed by atoms with Gasteiger partial charge in [-0.3, -0.25) is 4.66 Å². The quantitative estimate of drug-likeness (QED) is 0.401. The molecular weight excluding hydrogens is 242 g/mol. The normalized spacial score (nSPS) is 15.4. The molecular formula is C13H31NOSi2. The molecule has 0 aliphatic heterocycles. The predicted molar refractivity (Wildman–Crippen MR) is 84.0 cm³/mol. The minimum absolute atomic E-state index is 0.243. The molecule has 0 aromatic rings. The van der Waals surface area contributed by atoms with Crippen molar-refractivity contribution in [2.24, 2.45) is 4.66 Å². The maximum atomic E-state index is 6.01. The maximum Gasteiger partial charge on any atom is 0.251 e. The fourth-order valence-corrected chi connectivity index (χ4v) is 2.14. The van der Waals surface area contributed by atoms with Crippen molar-refractivity contribution in [2.45, 2.75) is 77.8 Å². The summed E-state index contributed by atoms with van der Waals surface area (Å²) in [6.45, 7) is 22.6. The standard InChI is InChI=1S/C13H31NOSi2/c1-12(2,3)16(7,8)14-11-15-17(9,10)13(4,5)6/h11H,1-10H3/b14-11+. The minimum atomic E-state index is -1.69. The van der Waals surface area contributed by atoms with Crippen LogP contribution >= 0.6 is 0 Å². The maximum absolute atomic E-state index is 6.01. The van der Waals surface area contributed by atoms with Crippen LogP contribution in [0.25, 0.3) is 0 Å². The molecule has 0 aliphatic carbocycles. The molecule has 0 bridgehead atoms. The SMILES string of the molecule is CC(C)(C)[Si](C)(C)/N=C/O[Si](C)(C)C(C)(C)C. The molecule has 0 rings (SSSR count). The first-order valence-electron chi connectivity index (χ1n) is 6.42. The van der Waals surface area contributed by atoms with Crippen LogP contribution in [-0.2, 0) is 4.43 Å². The molecule has 0 radical (unpaired) electrons. The second-order valence-corrected chi connectivity index (χ2v) is 17.6. The zero-order valence-corrected chi connectivity index (χ0v) is 15.4. The molecule has 0 aromatic carbocycles. The van der Waals surface area contributed by atoms with E-state index in [1.165, 1.54) is 0 Å². The van der Waals surface area contributed by atoms with Crippen molar-refractivity contribution >= 4 is 23.0 Å². The Morgan fingerprint density at radius 3 is 1.53 bits per heavy atom. The Morgan fingerprint density at radius 2 is 1.24 bits per heavy atom. The molecule has 0 saturated carbocycles. The van der Waals surface area contributed by atoms with Crippen molar-refractivity contribution in [1.29, 1.82) is 0 Å². The van der Waals surface area contributed by atoms with Gasteiger partial charge in [-0.15, -0.1) is 0 Å². The van der Waals surface area contributed by atoms with E-state index in [-0.39, 0.29) is 10.1 Å². The van der Waals surface area contributed by atoms with Crippen LogP contribution in [0.4, 0.5) is 0 Å². The van der Waals surface area contributed by atoms with E-state index in [0.29, 0.717) is 0 Å². The van der Waals surface area contributed by atoms with E-state index in [4.69, 9.17) is 9.08 Å². The lowest BCUT2D eigenvalue weighted by molar-refractivity contribution is 0.502. The number of rotatable bonds is 3. The van der Waals surface area contributed by atoms with Gasteiger partial charge in [0.25, 0.3) is 8.32 Å². The van der Waals surface area contributed by atoms with Crippen LogP contribution in [-0.4, -0.2) is 23.0 Å². The topological polar surface area (TPSA) is 21.6 Å². The van der Waals surface area contributed by atoms with Gasteiger partial charge in [0.1, 0.15) is 6.40 Å². The molecule has 0 N–H and O–H groups in total. The van der Waals surface area contributed by atoms with Crippen molar-refractivity contribution in [3.8, 4) is 0 Å². The Morgan fingerprint density at radius 1 is 0.824 bits per heavy atom. The highest BCUT2D eigenvalue weighted by Crippen LogP contribution is 2.38. The first-order chi connectivity index (χ1) is 7.21. The van der Waals surface area contributed by atoms with Crippen LogP contribution in [0.3, 0.4) is 0 Å². The summed E-state index contributed by atoms with van der Waals surface area (Å²) in [5.74, 6) is 0. The predicted octanol–water partition coefficient (Wildman–Crippen LogP) is 5.04. The highest BCUT2D eigenvalue weighted by Gasteiger charge is 2.39. The zero-order chi connectivity index (χ0) is 14.1. The summed E-state index contributed by atoms with van der Waals surface area (Å²) in [7, 11) is -3.29. The largest absolute Gasteiger partial charge is 0.537 e. The van der Waals surface area contributed by atoms with E-state index in [2.05, 4.69) is 67.7 Å². The third kappa shape index (κ3) is 4.58. The lowest BCUT2D eigenvalue weighted by Gasteiger charge is -2.36. The average molecular weight is 274 g/mol. The summed E-state index contributed by atoms with van der Waals surface area (Å²) in [6, 6.07) is 0. The summed E-state index contributed by atoms with van der Waals surface area (Å²) in [5.41, 5.74) is 0.